The minimum atomic E-state index is -4.41. The number of carbonyl (C=O) groups is 1. The fourth-order valence-electron chi connectivity index (χ4n) is 2.79. The van der Waals surface area contributed by atoms with Crippen LogP contribution in [0.4, 0.5) is 13.2 Å². The summed E-state index contributed by atoms with van der Waals surface area (Å²) in [5, 5.41) is 4.58. The molecule has 0 amide bonds. The third-order valence-electron chi connectivity index (χ3n) is 4.02. The van der Waals surface area contributed by atoms with E-state index in [0.717, 1.165) is 36.1 Å². The van der Waals surface area contributed by atoms with Gasteiger partial charge in [0.15, 0.2) is 11.7 Å². The monoisotopic (exact) mass is 392 g/mol. The van der Waals surface area contributed by atoms with Crippen molar-refractivity contribution in [3.63, 3.8) is 0 Å². The molecule has 2 heterocycles. The molecule has 0 saturated carbocycles. The number of thiazole rings is 1. The van der Waals surface area contributed by atoms with Crippen LogP contribution in [0.1, 0.15) is 30.5 Å². The lowest BCUT2D eigenvalue weighted by Gasteiger charge is -2.33. The normalized spacial score (nSPS) is 18.7. The van der Waals surface area contributed by atoms with Crippen LogP contribution >= 0.6 is 11.3 Å². The van der Waals surface area contributed by atoms with Gasteiger partial charge in [-0.2, -0.15) is 13.2 Å². The summed E-state index contributed by atoms with van der Waals surface area (Å²) in [6.07, 6.45) is -2.40. The number of piperidine rings is 1. The predicted octanol–water partition coefficient (Wildman–Crippen LogP) is 2.55. The van der Waals surface area contributed by atoms with E-state index < -0.39 is 11.9 Å². The first-order valence-corrected chi connectivity index (χ1v) is 9.37. The third-order valence-corrected chi connectivity index (χ3v) is 4.93. The van der Waals surface area contributed by atoms with E-state index in [-0.39, 0.29) is 11.9 Å². The molecule has 1 aliphatic heterocycles. The van der Waals surface area contributed by atoms with E-state index in [0.29, 0.717) is 37.1 Å². The SMILES string of the molecule is CCOC(=O)C1CCCN(C(=NC)NCCc2nc(C(F)(F)F)cs2)C1. The Kier molecular flexibility index (Phi) is 7.24. The van der Waals surface area contributed by atoms with Crippen molar-refractivity contribution < 1.29 is 22.7 Å². The van der Waals surface area contributed by atoms with E-state index in [1.165, 1.54) is 0 Å². The van der Waals surface area contributed by atoms with Crippen molar-refractivity contribution in [2.75, 3.05) is 33.3 Å². The molecule has 1 unspecified atom stereocenters. The molecule has 0 bridgehead atoms. The number of alkyl halides is 3. The molecule has 1 aliphatic rings. The van der Waals surface area contributed by atoms with Crippen LogP contribution in [-0.2, 0) is 22.1 Å². The van der Waals surface area contributed by atoms with Crippen LogP contribution in [0.15, 0.2) is 10.4 Å². The predicted molar refractivity (Wildman–Crippen MR) is 93.1 cm³/mol. The van der Waals surface area contributed by atoms with Crippen LogP contribution in [0.3, 0.4) is 0 Å². The molecule has 6 nitrogen and oxygen atoms in total. The van der Waals surface area contributed by atoms with Gasteiger partial charge in [-0.15, -0.1) is 11.3 Å². The Morgan fingerprint density at radius 1 is 1.54 bits per heavy atom. The first-order chi connectivity index (χ1) is 12.3. The largest absolute Gasteiger partial charge is 0.466 e. The molecule has 1 N–H and O–H groups in total. The number of guanidine groups is 1. The van der Waals surface area contributed by atoms with Gasteiger partial charge < -0.3 is 15.0 Å². The number of nitrogens with zero attached hydrogens (tertiary/aromatic N) is 3. The summed E-state index contributed by atoms with van der Waals surface area (Å²) in [7, 11) is 1.64. The van der Waals surface area contributed by atoms with Gasteiger partial charge in [0.05, 0.1) is 17.5 Å². The average molecular weight is 392 g/mol. The Morgan fingerprint density at radius 3 is 2.92 bits per heavy atom. The summed E-state index contributed by atoms with van der Waals surface area (Å²) in [5.74, 6) is 0.247. The van der Waals surface area contributed by atoms with Gasteiger partial charge in [-0.25, -0.2) is 4.98 Å². The lowest BCUT2D eigenvalue weighted by molar-refractivity contribution is -0.149. The number of ether oxygens (including phenoxy) is 1. The number of halogens is 3. The maximum Gasteiger partial charge on any atom is 0.434 e. The van der Waals surface area contributed by atoms with Gasteiger partial charge in [-0.1, -0.05) is 0 Å². The Bertz CT molecular complexity index is 633. The molecule has 26 heavy (non-hydrogen) atoms. The maximum atomic E-state index is 12.6. The van der Waals surface area contributed by atoms with Gasteiger partial charge in [0.1, 0.15) is 0 Å². The van der Waals surface area contributed by atoms with Crippen molar-refractivity contribution in [1.29, 1.82) is 0 Å². The zero-order valence-corrected chi connectivity index (χ0v) is 15.6. The first-order valence-electron chi connectivity index (χ1n) is 8.49. The van der Waals surface area contributed by atoms with Crippen LogP contribution in [0, 0.1) is 5.92 Å². The van der Waals surface area contributed by atoms with E-state index in [9.17, 15) is 18.0 Å². The van der Waals surface area contributed by atoms with Gasteiger partial charge in [0, 0.05) is 38.5 Å². The van der Waals surface area contributed by atoms with Crippen LogP contribution < -0.4 is 5.32 Å². The summed E-state index contributed by atoms with van der Waals surface area (Å²) < 4.78 is 42.8. The molecule has 2 rings (SSSR count). The minimum absolute atomic E-state index is 0.185. The fourth-order valence-corrected chi connectivity index (χ4v) is 3.60. The second-order valence-electron chi connectivity index (χ2n) is 5.89. The number of likely N-dealkylation sites (tertiary alicyclic amines) is 1. The van der Waals surface area contributed by atoms with Crippen LogP contribution in [0.2, 0.25) is 0 Å². The lowest BCUT2D eigenvalue weighted by Crippen LogP contribution is -2.48. The molecule has 0 spiro atoms. The highest BCUT2D eigenvalue weighted by molar-refractivity contribution is 7.09. The summed E-state index contributed by atoms with van der Waals surface area (Å²) in [6.45, 7) is 3.84. The molecule has 0 aromatic carbocycles. The topological polar surface area (TPSA) is 66.8 Å². The third kappa shape index (κ3) is 5.58. The van der Waals surface area contributed by atoms with Gasteiger partial charge >= 0.3 is 12.1 Å². The number of hydrogen-bond donors (Lipinski definition) is 1. The minimum Gasteiger partial charge on any atom is -0.466 e. The Balaban J connectivity index is 1.85. The number of aliphatic imine (C=N–C) groups is 1. The molecule has 1 atom stereocenters. The Morgan fingerprint density at radius 2 is 2.31 bits per heavy atom. The molecular weight excluding hydrogens is 369 g/mol. The number of esters is 1. The molecule has 0 aliphatic carbocycles. The molecule has 1 fully saturated rings. The maximum absolute atomic E-state index is 12.6. The number of hydrogen-bond acceptors (Lipinski definition) is 5. The van der Waals surface area contributed by atoms with E-state index in [2.05, 4.69) is 15.3 Å². The molecular formula is C16H23F3N4O2S. The zero-order valence-electron chi connectivity index (χ0n) is 14.8. The number of nitrogens with one attached hydrogen (secondary N) is 1. The van der Waals surface area contributed by atoms with E-state index in [4.69, 9.17) is 4.74 Å². The second kappa shape index (κ2) is 9.20. The summed E-state index contributed by atoms with van der Waals surface area (Å²) in [4.78, 5) is 21.7. The summed E-state index contributed by atoms with van der Waals surface area (Å²) in [6, 6.07) is 0. The van der Waals surface area contributed by atoms with Gasteiger partial charge in [0.2, 0.25) is 0 Å². The zero-order chi connectivity index (χ0) is 19.2. The number of aromatic nitrogens is 1. The van der Waals surface area contributed by atoms with Crippen molar-refractivity contribution in [2.45, 2.75) is 32.4 Å². The number of carbonyl (C=O) groups excluding carboxylic acids is 1. The summed E-state index contributed by atoms with van der Waals surface area (Å²) in [5.41, 5.74) is -0.852. The highest BCUT2D eigenvalue weighted by atomic mass is 32.1. The van der Waals surface area contributed by atoms with E-state index in [1.807, 2.05) is 4.90 Å². The fraction of sp³-hybridized carbons (Fsp3) is 0.688. The van der Waals surface area contributed by atoms with Crippen molar-refractivity contribution in [3.05, 3.63) is 16.1 Å². The lowest BCUT2D eigenvalue weighted by atomic mass is 9.98. The Labute approximate surface area is 154 Å². The van der Waals surface area contributed by atoms with Crippen molar-refractivity contribution in [1.82, 2.24) is 15.2 Å². The molecule has 1 aromatic heterocycles. The Hall–Kier alpha value is -1.84. The average Bonchev–Trinajstić information content (AvgIpc) is 3.08. The van der Waals surface area contributed by atoms with Gasteiger partial charge in [-0.05, 0) is 19.8 Å². The highest BCUT2D eigenvalue weighted by Gasteiger charge is 2.33. The first kappa shape index (κ1) is 20.5. The van der Waals surface area contributed by atoms with Crippen LogP contribution in [0.25, 0.3) is 0 Å². The standard InChI is InChI=1S/C16H23F3N4O2S/c1-3-25-14(24)11-5-4-8-23(9-11)15(20-2)21-7-6-13-22-12(10-26-13)16(17,18)19/h10-11H,3-9H2,1-2H3,(H,20,21). The molecule has 10 heteroatoms. The van der Waals surface area contributed by atoms with E-state index >= 15 is 0 Å². The second-order valence-corrected chi connectivity index (χ2v) is 6.83. The van der Waals surface area contributed by atoms with Gasteiger partial charge in [-0.3, -0.25) is 9.79 Å². The van der Waals surface area contributed by atoms with E-state index in [1.54, 1.807) is 14.0 Å². The smallest absolute Gasteiger partial charge is 0.434 e. The number of rotatable bonds is 5. The molecule has 1 saturated heterocycles. The van der Waals surface area contributed by atoms with Crippen molar-refractivity contribution in [3.8, 4) is 0 Å². The molecule has 146 valence electrons. The highest BCUT2D eigenvalue weighted by Crippen LogP contribution is 2.30. The van der Waals surface area contributed by atoms with Gasteiger partial charge in [0.25, 0.3) is 0 Å². The van der Waals surface area contributed by atoms with Crippen molar-refractivity contribution in [2.24, 2.45) is 10.9 Å². The van der Waals surface area contributed by atoms with Crippen LogP contribution in [-0.4, -0.2) is 55.1 Å². The quantitative estimate of drug-likeness (QED) is 0.474. The molecule has 1 aromatic rings. The van der Waals surface area contributed by atoms with Crippen molar-refractivity contribution >= 4 is 23.3 Å². The summed E-state index contributed by atoms with van der Waals surface area (Å²) >= 11 is 0.995. The van der Waals surface area contributed by atoms with Crippen LogP contribution in [0.5, 0.6) is 0 Å². The molecule has 0 radical (unpaired) electrons.